The molecule has 1 N–H and O–H groups in total. The largest absolute Gasteiger partial charge is 0.493 e. The quantitative estimate of drug-likeness (QED) is 0.126. The molecule has 188 valence electrons. The van der Waals surface area contributed by atoms with E-state index >= 15 is 0 Å². The van der Waals surface area contributed by atoms with Gasteiger partial charge in [0.25, 0.3) is 11.6 Å². The van der Waals surface area contributed by atoms with E-state index in [1.165, 1.54) is 18.9 Å². The van der Waals surface area contributed by atoms with Crippen molar-refractivity contribution in [3.05, 3.63) is 93.3 Å². The lowest BCUT2D eigenvalue weighted by atomic mass is 10.2. The summed E-state index contributed by atoms with van der Waals surface area (Å²) in [4.78, 5) is 38.4. The number of benzene rings is 3. The van der Waals surface area contributed by atoms with Gasteiger partial charge in [0.05, 0.1) is 37.2 Å². The highest BCUT2D eigenvalue weighted by molar-refractivity contribution is 14.1. The number of nitrogens with one attached hydrogen (secondary N) is 1. The van der Waals surface area contributed by atoms with Crippen molar-refractivity contribution in [1.82, 2.24) is 5.32 Å². The van der Waals surface area contributed by atoms with Crippen LogP contribution >= 0.6 is 50.3 Å². The number of amides is 1. The van der Waals surface area contributed by atoms with Gasteiger partial charge in [0, 0.05) is 10.5 Å². The third-order valence-electron chi connectivity index (χ3n) is 4.80. The van der Waals surface area contributed by atoms with E-state index in [0.29, 0.717) is 24.9 Å². The molecule has 0 unspecified atom stereocenters. The van der Waals surface area contributed by atoms with Crippen LogP contribution in [0.5, 0.6) is 17.2 Å². The normalized spacial score (nSPS) is 15.1. The van der Waals surface area contributed by atoms with Crippen LogP contribution in [0.25, 0.3) is 6.08 Å². The van der Waals surface area contributed by atoms with Gasteiger partial charge >= 0.3 is 5.69 Å². The van der Waals surface area contributed by atoms with Crippen molar-refractivity contribution in [2.45, 2.75) is 0 Å². The minimum absolute atomic E-state index is 0.183. The first-order valence-corrected chi connectivity index (χ1v) is 12.9. The summed E-state index contributed by atoms with van der Waals surface area (Å²) in [5.41, 5.74) is 0.303. The standard InChI is InChI=1S/C23H14BrIN4O7S/c1-35-19-8-12(9-20-22(30)27-23(37-20)26-14-4-2-3-13(24)10-14)7-16(25)21(19)36-18-6-5-15(28(31)32)11-17(18)29(33)34/h2-11H,1H3,(H,26,27,30)/b20-9+. The number of thioether (sulfide) groups is 1. The summed E-state index contributed by atoms with van der Waals surface area (Å²) in [5, 5.41) is 25.6. The van der Waals surface area contributed by atoms with Gasteiger partial charge in [-0.1, -0.05) is 22.0 Å². The molecule has 3 aromatic rings. The van der Waals surface area contributed by atoms with Crippen LogP contribution in [0.1, 0.15) is 5.56 Å². The second-order valence-corrected chi connectivity index (χ2v) is 10.4. The Hall–Kier alpha value is -3.50. The van der Waals surface area contributed by atoms with Gasteiger partial charge in [-0.3, -0.25) is 25.0 Å². The zero-order valence-corrected chi connectivity index (χ0v) is 23.2. The van der Waals surface area contributed by atoms with E-state index in [4.69, 9.17) is 9.47 Å². The van der Waals surface area contributed by atoms with Gasteiger partial charge in [-0.2, -0.15) is 0 Å². The van der Waals surface area contributed by atoms with Gasteiger partial charge in [0.1, 0.15) is 0 Å². The molecule has 0 aliphatic carbocycles. The average molecular weight is 697 g/mol. The first-order chi connectivity index (χ1) is 17.6. The molecule has 0 aromatic heterocycles. The molecular formula is C23H14BrIN4O7S. The Morgan fingerprint density at radius 1 is 1.08 bits per heavy atom. The molecule has 1 heterocycles. The van der Waals surface area contributed by atoms with E-state index < -0.39 is 21.2 Å². The van der Waals surface area contributed by atoms with Crippen LogP contribution in [0.4, 0.5) is 17.1 Å². The van der Waals surface area contributed by atoms with Crippen LogP contribution in [0, 0.1) is 23.8 Å². The number of non-ortho nitro benzene ring substituents is 1. The first-order valence-electron chi connectivity index (χ1n) is 10.2. The molecule has 1 aliphatic rings. The van der Waals surface area contributed by atoms with Gasteiger partial charge in [0.2, 0.25) is 5.75 Å². The fraction of sp³-hybridized carbons (Fsp3) is 0.0435. The van der Waals surface area contributed by atoms with E-state index in [9.17, 15) is 25.0 Å². The minimum atomic E-state index is -0.760. The van der Waals surface area contributed by atoms with Crippen molar-refractivity contribution in [2.24, 2.45) is 4.99 Å². The minimum Gasteiger partial charge on any atom is -0.493 e. The molecule has 0 radical (unpaired) electrons. The topological polar surface area (TPSA) is 146 Å². The summed E-state index contributed by atoms with van der Waals surface area (Å²) >= 11 is 6.54. The summed E-state index contributed by atoms with van der Waals surface area (Å²) in [5.74, 6) is -0.0629. The Bertz CT molecular complexity index is 1510. The predicted octanol–water partition coefficient (Wildman–Crippen LogP) is 6.56. The van der Waals surface area contributed by atoms with Crippen molar-refractivity contribution in [2.75, 3.05) is 7.11 Å². The van der Waals surface area contributed by atoms with Gasteiger partial charge < -0.3 is 14.8 Å². The summed E-state index contributed by atoms with van der Waals surface area (Å²) in [7, 11) is 1.40. The number of hydrogen-bond donors (Lipinski definition) is 1. The number of ether oxygens (including phenoxy) is 2. The zero-order valence-electron chi connectivity index (χ0n) is 18.6. The number of nitro groups is 2. The Labute approximate surface area is 235 Å². The molecule has 1 aliphatic heterocycles. The smallest absolute Gasteiger partial charge is 0.318 e. The maximum Gasteiger partial charge on any atom is 0.318 e. The van der Waals surface area contributed by atoms with E-state index in [-0.39, 0.29) is 23.2 Å². The Morgan fingerprint density at radius 3 is 2.54 bits per heavy atom. The fourth-order valence-corrected chi connectivity index (χ4v) is 5.14. The number of aliphatic imine (C=N–C) groups is 1. The number of nitrogens with zero attached hydrogens (tertiary/aromatic N) is 3. The van der Waals surface area contributed by atoms with Crippen LogP contribution in [0.15, 0.2) is 69.0 Å². The summed E-state index contributed by atoms with van der Waals surface area (Å²) in [6.45, 7) is 0. The molecule has 1 saturated heterocycles. The Kier molecular flexibility index (Phi) is 8.09. The van der Waals surface area contributed by atoms with Crippen molar-refractivity contribution in [3.63, 3.8) is 0 Å². The highest BCUT2D eigenvalue weighted by Crippen LogP contribution is 2.42. The monoisotopic (exact) mass is 696 g/mol. The number of methoxy groups -OCH3 is 1. The molecule has 0 atom stereocenters. The number of carbonyl (C=O) groups excluding carboxylic acids is 1. The van der Waals surface area contributed by atoms with Crippen LogP contribution < -0.4 is 14.8 Å². The number of hydrogen-bond acceptors (Lipinski definition) is 9. The van der Waals surface area contributed by atoms with Gasteiger partial charge in [-0.25, -0.2) is 4.99 Å². The van der Waals surface area contributed by atoms with E-state index in [2.05, 4.69) is 26.2 Å². The molecular weight excluding hydrogens is 683 g/mol. The van der Waals surface area contributed by atoms with Crippen molar-refractivity contribution in [3.8, 4) is 17.2 Å². The first kappa shape index (κ1) is 26.6. The number of halogens is 2. The fourth-order valence-electron chi connectivity index (χ4n) is 3.18. The molecule has 4 rings (SSSR count). The van der Waals surface area contributed by atoms with Gasteiger partial charge in [-0.15, -0.1) is 0 Å². The SMILES string of the molecule is COc1cc(/C=C2/SC(=Nc3cccc(Br)c3)NC2=O)cc(I)c1Oc1ccc([N+](=O)[O-])cc1[N+](=O)[O-]. The van der Waals surface area contributed by atoms with Crippen molar-refractivity contribution < 1.29 is 24.1 Å². The molecule has 1 amide bonds. The van der Waals surface area contributed by atoms with Crippen LogP contribution in [-0.2, 0) is 4.79 Å². The molecule has 0 spiro atoms. The van der Waals surface area contributed by atoms with E-state index in [0.717, 1.165) is 22.7 Å². The molecule has 0 bridgehead atoms. The van der Waals surface area contributed by atoms with Crippen molar-refractivity contribution >= 4 is 84.5 Å². The lowest BCUT2D eigenvalue weighted by Gasteiger charge is -2.13. The second-order valence-electron chi connectivity index (χ2n) is 7.26. The third kappa shape index (κ3) is 6.26. The van der Waals surface area contributed by atoms with Crippen LogP contribution in [-0.4, -0.2) is 28.0 Å². The maximum absolute atomic E-state index is 12.5. The zero-order chi connectivity index (χ0) is 26.7. The predicted molar refractivity (Wildman–Crippen MR) is 150 cm³/mol. The molecule has 14 heteroatoms. The lowest BCUT2D eigenvalue weighted by molar-refractivity contribution is -0.394. The van der Waals surface area contributed by atoms with Crippen LogP contribution in [0.2, 0.25) is 0 Å². The highest BCUT2D eigenvalue weighted by atomic mass is 127. The number of amidine groups is 1. The van der Waals surface area contributed by atoms with Crippen LogP contribution in [0.3, 0.4) is 0 Å². The lowest BCUT2D eigenvalue weighted by Crippen LogP contribution is -2.19. The van der Waals surface area contributed by atoms with Gasteiger partial charge in [-0.05, 0) is 82.4 Å². The number of carbonyl (C=O) groups is 1. The molecule has 1 fully saturated rings. The molecule has 3 aromatic carbocycles. The Balaban J connectivity index is 1.63. The average Bonchev–Trinajstić information content (AvgIpc) is 3.18. The molecule has 0 saturated carbocycles. The second kappa shape index (κ2) is 11.3. The number of rotatable bonds is 7. The maximum atomic E-state index is 12.5. The molecule has 11 nitrogen and oxygen atoms in total. The molecule has 37 heavy (non-hydrogen) atoms. The van der Waals surface area contributed by atoms with Crippen molar-refractivity contribution in [1.29, 1.82) is 0 Å². The van der Waals surface area contributed by atoms with E-state index in [1.54, 1.807) is 18.2 Å². The van der Waals surface area contributed by atoms with E-state index in [1.807, 2.05) is 46.9 Å². The highest BCUT2D eigenvalue weighted by Gasteiger charge is 2.26. The number of nitro benzene ring substituents is 2. The Morgan fingerprint density at radius 2 is 1.86 bits per heavy atom. The summed E-state index contributed by atoms with van der Waals surface area (Å²) in [6.07, 6.45) is 1.66. The van der Waals surface area contributed by atoms with Gasteiger partial charge in [0.15, 0.2) is 16.7 Å². The third-order valence-corrected chi connectivity index (χ3v) is 7.01. The summed E-state index contributed by atoms with van der Waals surface area (Å²) < 4.78 is 12.6. The summed E-state index contributed by atoms with van der Waals surface area (Å²) in [6, 6.07) is 13.8.